The second-order valence-corrected chi connectivity index (χ2v) is 15.1. The largest absolute Gasteiger partial charge is 0.504 e. The van der Waals surface area contributed by atoms with Gasteiger partial charge in [-0.1, -0.05) is 41.6 Å². The fourth-order valence-corrected chi connectivity index (χ4v) is 7.29. The second-order valence-electron chi connectivity index (χ2n) is 13.1. The Kier molecular flexibility index (Phi) is 10.5. The van der Waals surface area contributed by atoms with Gasteiger partial charge in [-0.15, -0.1) is 23.1 Å². The van der Waals surface area contributed by atoms with Crippen molar-refractivity contribution in [1.29, 1.82) is 0 Å². The summed E-state index contributed by atoms with van der Waals surface area (Å²) in [7, 11) is 4.11. The molecule has 2 amide bonds. The van der Waals surface area contributed by atoms with Gasteiger partial charge in [-0.3, -0.25) is 14.5 Å². The van der Waals surface area contributed by atoms with Crippen LogP contribution in [0.5, 0.6) is 11.5 Å². The Morgan fingerprint density at radius 2 is 1.75 bits per heavy atom. The van der Waals surface area contributed by atoms with Crippen molar-refractivity contribution in [3.05, 3.63) is 87.6 Å². The van der Waals surface area contributed by atoms with E-state index in [-0.39, 0.29) is 33.8 Å². The number of rotatable bonds is 13. The Morgan fingerprint density at radius 1 is 1.08 bits per heavy atom. The van der Waals surface area contributed by atoms with Crippen LogP contribution in [0.4, 0.5) is 5.13 Å². The van der Waals surface area contributed by atoms with E-state index in [1.807, 2.05) is 24.3 Å². The molecule has 2 aromatic carbocycles. The lowest BCUT2D eigenvalue weighted by molar-refractivity contribution is -0.916. The molecular weight excluding hydrogens is 701 g/mol. The summed E-state index contributed by atoms with van der Waals surface area (Å²) in [5.41, 5.74) is 6.55. The van der Waals surface area contributed by atoms with Gasteiger partial charge in [-0.25, -0.2) is 14.6 Å². The van der Waals surface area contributed by atoms with Gasteiger partial charge < -0.3 is 40.8 Å². The number of β-lactam (4-membered cyclic amide) rings is 1. The van der Waals surface area contributed by atoms with Crippen LogP contribution in [0.2, 0.25) is 0 Å². The molecule has 2 atom stereocenters. The van der Waals surface area contributed by atoms with Crippen LogP contribution < -0.4 is 11.1 Å². The monoisotopic (exact) mass is 737 g/mol. The third kappa shape index (κ3) is 8.33. The Balaban J connectivity index is 1.27. The first kappa shape index (κ1) is 36.9. The Hall–Kier alpha value is -5.39. The van der Waals surface area contributed by atoms with E-state index >= 15 is 0 Å². The van der Waals surface area contributed by atoms with Crippen LogP contribution in [-0.2, 0) is 37.1 Å². The van der Waals surface area contributed by atoms with Crippen molar-refractivity contribution in [2.75, 3.05) is 25.6 Å². The number of anilines is 1. The molecule has 1 aromatic heterocycles. The number of hydrogen-bond acceptors (Lipinski definition) is 12. The summed E-state index contributed by atoms with van der Waals surface area (Å²) in [6.07, 6.45) is 3.43. The molecule has 17 heteroatoms. The zero-order chi connectivity index (χ0) is 37.2. The third-order valence-corrected chi connectivity index (χ3v) is 10.0. The number of thioether (sulfide) groups is 1. The van der Waals surface area contributed by atoms with E-state index in [4.69, 9.17) is 10.6 Å². The van der Waals surface area contributed by atoms with Crippen molar-refractivity contribution in [2.45, 2.75) is 44.0 Å². The van der Waals surface area contributed by atoms with Gasteiger partial charge in [-0.2, -0.15) is 0 Å². The summed E-state index contributed by atoms with van der Waals surface area (Å²) in [6, 6.07) is 11.5. The molecule has 0 aliphatic carbocycles. The Labute approximate surface area is 300 Å². The number of fused-ring (bicyclic) bond motifs is 1. The predicted octanol–water partition coefficient (Wildman–Crippen LogP) is 2.95. The number of quaternary nitrogens is 1. The Morgan fingerprint density at radius 3 is 2.35 bits per heavy atom. The van der Waals surface area contributed by atoms with Crippen LogP contribution in [0.1, 0.15) is 36.2 Å². The molecule has 7 N–H and O–H groups in total. The molecule has 2 aliphatic heterocycles. The molecule has 51 heavy (non-hydrogen) atoms. The number of phenols is 2. The predicted molar refractivity (Wildman–Crippen MR) is 190 cm³/mol. The van der Waals surface area contributed by atoms with E-state index in [9.17, 15) is 39.6 Å². The molecule has 0 saturated carbocycles. The van der Waals surface area contributed by atoms with Crippen molar-refractivity contribution in [3.8, 4) is 11.5 Å². The molecular formula is C34H37N6O9S2+. The molecule has 1 fully saturated rings. The quantitative estimate of drug-likeness (QED) is 0.0490. The number of thiazole rings is 1. The molecule has 3 aromatic rings. The highest BCUT2D eigenvalue weighted by atomic mass is 32.2. The van der Waals surface area contributed by atoms with Crippen molar-refractivity contribution in [3.63, 3.8) is 0 Å². The molecule has 3 heterocycles. The van der Waals surface area contributed by atoms with E-state index in [1.54, 1.807) is 24.3 Å². The van der Waals surface area contributed by atoms with Gasteiger partial charge >= 0.3 is 11.9 Å². The van der Waals surface area contributed by atoms with E-state index in [0.717, 1.165) is 32.9 Å². The maximum absolute atomic E-state index is 13.3. The summed E-state index contributed by atoms with van der Waals surface area (Å²) in [4.78, 5) is 60.8. The molecule has 2 aliphatic rings. The molecule has 15 nitrogen and oxygen atoms in total. The van der Waals surface area contributed by atoms with Gasteiger partial charge in [0.15, 0.2) is 22.3 Å². The number of hydrogen-bond donors (Lipinski definition) is 6. The second kappa shape index (κ2) is 14.5. The number of carboxylic acid groups (broad SMARTS) is 2. The van der Waals surface area contributed by atoms with Crippen LogP contribution in [-0.4, -0.2) is 101 Å². The molecule has 0 unspecified atom stereocenters. The minimum absolute atomic E-state index is 0.0145. The van der Waals surface area contributed by atoms with E-state index in [2.05, 4.69) is 29.6 Å². The normalized spacial score (nSPS) is 18.0. The summed E-state index contributed by atoms with van der Waals surface area (Å²) in [5.74, 6) is -4.22. The molecule has 0 bridgehead atoms. The summed E-state index contributed by atoms with van der Waals surface area (Å²) < 4.78 is 0.586. The van der Waals surface area contributed by atoms with Gasteiger partial charge in [-0.05, 0) is 43.2 Å². The summed E-state index contributed by atoms with van der Waals surface area (Å²) >= 11 is 2.30. The molecule has 1 saturated heterocycles. The lowest BCUT2D eigenvalue weighted by Gasteiger charge is -2.49. The van der Waals surface area contributed by atoms with Gasteiger partial charge in [0.1, 0.15) is 35.9 Å². The number of amides is 2. The van der Waals surface area contributed by atoms with E-state index in [0.29, 0.717) is 23.1 Å². The average Bonchev–Trinajstić information content (AvgIpc) is 3.49. The molecule has 5 rings (SSSR count). The van der Waals surface area contributed by atoms with Crippen LogP contribution in [0.3, 0.4) is 0 Å². The third-order valence-electron chi connectivity index (χ3n) is 8.06. The number of nitrogens with zero attached hydrogens (tertiary/aromatic N) is 4. The number of nitrogen functional groups attached to an aromatic ring is 1. The van der Waals surface area contributed by atoms with Crippen molar-refractivity contribution >= 4 is 63.8 Å². The molecule has 0 radical (unpaired) electrons. The first-order valence-electron chi connectivity index (χ1n) is 15.5. The minimum Gasteiger partial charge on any atom is -0.504 e. The number of allylic oxidation sites excluding steroid dienone is 1. The zero-order valence-corrected chi connectivity index (χ0v) is 29.7. The number of carboxylic acids is 2. The fraction of sp³-hybridized carbons (Fsp3) is 0.294. The number of carbonyl (C=O) groups excluding carboxylic acids is 2. The van der Waals surface area contributed by atoms with Crippen LogP contribution >= 0.6 is 23.1 Å². The average molecular weight is 738 g/mol. The topological polar surface area (TPSA) is 225 Å². The molecule has 268 valence electrons. The maximum Gasteiger partial charge on any atom is 0.352 e. The highest BCUT2D eigenvalue weighted by Crippen LogP contribution is 2.41. The van der Waals surface area contributed by atoms with Crippen molar-refractivity contribution < 1.29 is 48.9 Å². The van der Waals surface area contributed by atoms with Gasteiger partial charge in [0.2, 0.25) is 5.60 Å². The van der Waals surface area contributed by atoms with Crippen LogP contribution in [0.15, 0.2) is 70.3 Å². The number of aromatic nitrogens is 1. The van der Waals surface area contributed by atoms with Crippen molar-refractivity contribution in [2.24, 2.45) is 5.16 Å². The Bertz CT molecular complexity index is 1970. The summed E-state index contributed by atoms with van der Waals surface area (Å²) in [6.45, 7) is 3.79. The van der Waals surface area contributed by atoms with E-state index in [1.165, 1.54) is 37.1 Å². The smallest absolute Gasteiger partial charge is 0.352 e. The number of aliphatic carboxylic acids is 2. The summed E-state index contributed by atoms with van der Waals surface area (Å²) in [5, 5.41) is 46.1. The number of oxime groups is 1. The number of phenolic OH excluding ortho intramolecular Hbond substituents is 2. The maximum atomic E-state index is 13.3. The SMILES string of the molecule is CC(C)(O/N=C(\C(=O)N[C@@H]1C(=O)N2C(C(=O)O)=C(/C=C\c3ccc(C[N+](C)(C)Cc4ccc(O)c(O)c4)cc3)CS[C@H]12)c1csc(N)n1)C(=O)O. The van der Waals surface area contributed by atoms with E-state index < -0.39 is 46.5 Å². The van der Waals surface area contributed by atoms with Gasteiger partial charge in [0, 0.05) is 22.3 Å². The minimum atomic E-state index is -1.78. The van der Waals surface area contributed by atoms with Gasteiger partial charge in [0.05, 0.1) is 14.1 Å². The standard InChI is InChI=1S/C34H36N6O9S2/c1-34(2,32(47)48)49-38-25(22-17-51-33(35)36-22)28(43)37-26-29(44)39-27(31(45)46)21(16-50-30(26)39)11-9-18-5-7-19(8-6-18)14-40(3,4)15-20-10-12-23(41)24(42)13-20/h5-13,17,26,30H,14-16H2,1-4H3,(H6-,35,36,37,38,41,42,43,45,46,47,48)/p+1/b11-9-/t26-,30-/m1/s1. The zero-order valence-electron chi connectivity index (χ0n) is 28.1. The number of nitrogens with two attached hydrogens (primary N) is 1. The number of carbonyl (C=O) groups is 4. The van der Waals surface area contributed by atoms with Crippen molar-refractivity contribution in [1.82, 2.24) is 15.2 Å². The number of aromatic hydroxyl groups is 2. The van der Waals surface area contributed by atoms with Gasteiger partial charge in [0.25, 0.3) is 11.8 Å². The number of benzene rings is 2. The first-order chi connectivity index (χ1) is 24.0. The highest BCUT2D eigenvalue weighted by Gasteiger charge is 2.54. The first-order valence-corrected chi connectivity index (χ1v) is 17.4. The number of nitrogens with one attached hydrogen (secondary N) is 1. The van der Waals surface area contributed by atoms with Crippen LogP contribution in [0.25, 0.3) is 6.08 Å². The lowest BCUT2D eigenvalue weighted by Crippen LogP contribution is -2.71. The molecule has 0 spiro atoms. The van der Waals surface area contributed by atoms with Crippen LogP contribution in [0, 0.1) is 0 Å². The highest BCUT2D eigenvalue weighted by molar-refractivity contribution is 8.00. The fourth-order valence-electron chi connectivity index (χ4n) is 5.42. The lowest BCUT2D eigenvalue weighted by atomic mass is 10.0.